The van der Waals surface area contributed by atoms with E-state index >= 15 is 0 Å². The van der Waals surface area contributed by atoms with E-state index in [1.165, 1.54) is 6.92 Å². The van der Waals surface area contributed by atoms with Gasteiger partial charge in [-0.05, 0) is 13.0 Å². The number of hydrogen-bond donors (Lipinski definition) is 1. The number of ketones is 1. The summed E-state index contributed by atoms with van der Waals surface area (Å²) < 4.78 is 10.3. The minimum absolute atomic E-state index is 0.0136. The summed E-state index contributed by atoms with van der Waals surface area (Å²) in [5.74, 6) is 1.15. The molecule has 0 aliphatic carbocycles. The van der Waals surface area contributed by atoms with Crippen LogP contribution in [0.4, 0.5) is 5.69 Å². The van der Waals surface area contributed by atoms with Crippen LogP contribution in [0.25, 0.3) is 0 Å². The normalized spacial score (nSPS) is 9.60. The monoisotopic (exact) mass is 209 g/mol. The molecule has 4 nitrogen and oxygen atoms in total. The lowest BCUT2D eigenvalue weighted by molar-refractivity contribution is 0.101. The summed E-state index contributed by atoms with van der Waals surface area (Å²) in [4.78, 5) is 11.4. The Morgan fingerprint density at radius 2 is 1.73 bits per heavy atom. The molecule has 1 aromatic rings. The van der Waals surface area contributed by atoms with Crippen LogP contribution in [0.5, 0.6) is 11.5 Å². The third kappa shape index (κ3) is 2.21. The van der Waals surface area contributed by atoms with Crippen molar-refractivity contribution in [2.75, 3.05) is 26.6 Å². The summed E-state index contributed by atoms with van der Waals surface area (Å²) in [5.41, 5.74) is 1.33. The third-order valence-corrected chi connectivity index (χ3v) is 2.17. The van der Waals surface area contributed by atoms with E-state index in [4.69, 9.17) is 9.47 Å². The summed E-state index contributed by atoms with van der Waals surface area (Å²) in [6.45, 7) is 1.52. The molecular formula is C11H15NO3. The van der Waals surface area contributed by atoms with Crippen molar-refractivity contribution >= 4 is 11.5 Å². The molecule has 1 N–H and O–H groups in total. The van der Waals surface area contributed by atoms with Crippen molar-refractivity contribution in [3.05, 3.63) is 17.7 Å². The van der Waals surface area contributed by atoms with Crippen molar-refractivity contribution in [2.45, 2.75) is 6.92 Å². The minimum Gasteiger partial charge on any atom is -0.493 e. The molecule has 0 atom stereocenters. The predicted octanol–water partition coefficient (Wildman–Crippen LogP) is 1.95. The highest BCUT2D eigenvalue weighted by Gasteiger charge is 2.12. The molecule has 0 spiro atoms. The van der Waals surface area contributed by atoms with Gasteiger partial charge in [0.1, 0.15) is 0 Å². The first-order chi connectivity index (χ1) is 7.13. The Morgan fingerprint density at radius 1 is 1.20 bits per heavy atom. The first-order valence-electron chi connectivity index (χ1n) is 4.58. The molecule has 1 rings (SSSR count). The Balaban J connectivity index is 3.34. The zero-order chi connectivity index (χ0) is 11.4. The van der Waals surface area contributed by atoms with Gasteiger partial charge in [0.05, 0.1) is 14.2 Å². The highest BCUT2D eigenvalue weighted by Crippen LogP contribution is 2.33. The molecule has 4 heteroatoms. The van der Waals surface area contributed by atoms with Crippen molar-refractivity contribution in [2.24, 2.45) is 0 Å². The van der Waals surface area contributed by atoms with Gasteiger partial charge in [-0.2, -0.15) is 0 Å². The summed E-state index contributed by atoms with van der Waals surface area (Å²) >= 11 is 0. The number of benzene rings is 1. The van der Waals surface area contributed by atoms with E-state index in [9.17, 15) is 4.79 Å². The van der Waals surface area contributed by atoms with Gasteiger partial charge in [-0.3, -0.25) is 4.79 Å². The second-order valence-corrected chi connectivity index (χ2v) is 3.06. The van der Waals surface area contributed by atoms with Crippen LogP contribution in [-0.4, -0.2) is 27.1 Å². The molecule has 0 saturated carbocycles. The second kappa shape index (κ2) is 4.68. The van der Waals surface area contributed by atoms with E-state index in [-0.39, 0.29) is 5.78 Å². The molecule has 0 aliphatic rings. The number of hydrogen-bond acceptors (Lipinski definition) is 4. The van der Waals surface area contributed by atoms with Gasteiger partial charge in [0.25, 0.3) is 0 Å². The summed E-state index contributed by atoms with van der Waals surface area (Å²) in [7, 11) is 4.86. The Bertz CT molecular complexity index is 374. The van der Waals surface area contributed by atoms with E-state index < -0.39 is 0 Å². The number of Topliss-reactive ketones (excluding diaryl/α,β-unsaturated/α-hetero) is 1. The number of rotatable bonds is 4. The number of carbonyl (C=O) groups is 1. The maximum Gasteiger partial charge on any atom is 0.162 e. The van der Waals surface area contributed by atoms with E-state index in [2.05, 4.69) is 5.32 Å². The topological polar surface area (TPSA) is 47.6 Å². The smallest absolute Gasteiger partial charge is 0.162 e. The first-order valence-corrected chi connectivity index (χ1v) is 4.58. The second-order valence-electron chi connectivity index (χ2n) is 3.06. The third-order valence-electron chi connectivity index (χ3n) is 2.17. The molecule has 82 valence electrons. The van der Waals surface area contributed by atoms with E-state index in [0.29, 0.717) is 17.1 Å². The maximum absolute atomic E-state index is 11.4. The summed E-state index contributed by atoms with van der Waals surface area (Å²) in [5, 5.41) is 2.95. The van der Waals surface area contributed by atoms with Crippen molar-refractivity contribution in [1.82, 2.24) is 0 Å². The Hall–Kier alpha value is -1.71. The molecule has 0 bridgehead atoms. The molecule has 0 saturated heterocycles. The standard InChI is InChI=1S/C11H15NO3/c1-7(13)8-5-10(14-3)11(15-4)6-9(8)12-2/h5-6,12H,1-4H3. The number of carbonyl (C=O) groups excluding carboxylic acids is 1. The lowest BCUT2D eigenvalue weighted by atomic mass is 10.1. The SMILES string of the molecule is CNc1cc(OC)c(OC)cc1C(C)=O. The summed E-state index contributed by atoms with van der Waals surface area (Å²) in [6, 6.07) is 3.42. The molecule has 0 amide bonds. The Labute approximate surface area is 89.2 Å². The van der Waals surface area contributed by atoms with Crippen LogP contribution in [0.1, 0.15) is 17.3 Å². The van der Waals surface area contributed by atoms with Gasteiger partial charge in [-0.25, -0.2) is 0 Å². The lowest BCUT2D eigenvalue weighted by Crippen LogP contribution is -2.02. The van der Waals surface area contributed by atoms with Gasteiger partial charge >= 0.3 is 0 Å². The van der Waals surface area contributed by atoms with Crippen LogP contribution in [0.2, 0.25) is 0 Å². The fourth-order valence-corrected chi connectivity index (χ4v) is 1.38. The minimum atomic E-state index is -0.0136. The van der Waals surface area contributed by atoms with E-state index in [1.807, 2.05) is 0 Å². The highest BCUT2D eigenvalue weighted by molar-refractivity contribution is 6.00. The van der Waals surface area contributed by atoms with E-state index in [1.54, 1.807) is 33.4 Å². The molecule has 1 aromatic carbocycles. The van der Waals surface area contributed by atoms with Crippen LogP contribution < -0.4 is 14.8 Å². The zero-order valence-electron chi connectivity index (χ0n) is 9.38. The fraction of sp³-hybridized carbons (Fsp3) is 0.364. The van der Waals surface area contributed by atoms with Crippen LogP contribution in [0, 0.1) is 0 Å². The molecule has 0 fully saturated rings. The molecule has 0 unspecified atom stereocenters. The van der Waals surface area contributed by atoms with Crippen LogP contribution in [0.15, 0.2) is 12.1 Å². The Morgan fingerprint density at radius 3 is 2.13 bits per heavy atom. The highest BCUT2D eigenvalue weighted by atomic mass is 16.5. The zero-order valence-corrected chi connectivity index (χ0v) is 9.38. The maximum atomic E-state index is 11.4. The van der Waals surface area contributed by atoms with Gasteiger partial charge in [0, 0.05) is 24.4 Å². The molecular weight excluding hydrogens is 194 g/mol. The fourth-order valence-electron chi connectivity index (χ4n) is 1.38. The van der Waals surface area contributed by atoms with E-state index in [0.717, 1.165) is 5.69 Å². The molecule has 15 heavy (non-hydrogen) atoms. The van der Waals surface area contributed by atoms with Gasteiger partial charge in [0.15, 0.2) is 17.3 Å². The average Bonchev–Trinajstić information content (AvgIpc) is 2.26. The summed E-state index contributed by atoms with van der Waals surface area (Å²) in [6.07, 6.45) is 0. The molecule has 0 heterocycles. The van der Waals surface area contributed by atoms with Crippen LogP contribution in [-0.2, 0) is 0 Å². The van der Waals surface area contributed by atoms with Gasteiger partial charge in [-0.1, -0.05) is 0 Å². The lowest BCUT2D eigenvalue weighted by Gasteiger charge is -2.12. The van der Waals surface area contributed by atoms with Crippen LogP contribution >= 0.6 is 0 Å². The number of nitrogens with one attached hydrogen (secondary N) is 1. The van der Waals surface area contributed by atoms with Gasteiger partial charge in [-0.15, -0.1) is 0 Å². The van der Waals surface area contributed by atoms with Crippen LogP contribution in [0.3, 0.4) is 0 Å². The largest absolute Gasteiger partial charge is 0.493 e. The number of ether oxygens (including phenoxy) is 2. The first kappa shape index (κ1) is 11.4. The predicted molar refractivity (Wildman–Crippen MR) is 59.1 cm³/mol. The average molecular weight is 209 g/mol. The van der Waals surface area contributed by atoms with Gasteiger partial charge < -0.3 is 14.8 Å². The number of methoxy groups -OCH3 is 2. The van der Waals surface area contributed by atoms with Crippen molar-refractivity contribution < 1.29 is 14.3 Å². The van der Waals surface area contributed by atoms with Crippen molar-refractivity contribution in [3.63, 3.8) is 0 Å². The van der Waals surface area contributed by atoms with Crippen molar-refractivity contribution in [1.29, 1.82) is 0 Å². The van der Waals surface area contributed by atoms with Crippen molar-refractivity contribution in [3.8, 4) is 11.5 Å². The quantitative estimate of drug-likeness (QED) is 0.770. The van der Waals surface area contributed by atoms with Gasteiger partial charge in [0.2, 0.25) is 0 Å². The molecule has 0 aliphatic heterocycles. The number of anilines is 1. The Kier molecular flexibility index (Phi) is 3.55. The molecule has 0 radical (unpaired) electrons. The molecule has 0 aromatic heterocycles.